The number of rotatable bonds is 3. The van der Waals surface area contributed by atoms with Gasteiger partial charge in [0.2, 0.25) is 0 Å². The Morgan fingerprint density at radius 2 is 1.91 bits per heavy atom. The molecule has 0 fully saturated rings. The molecule has 2 nitrogen and oxygen atoms in total. The zero-order valence-electron chi connectivity index (χ0n) is 14.4. The minimum absolute atomic E-state index is 0.630. The topological polar surface area (TPSA) is 52.0 Å². The highest BCUT2D eigenvalue weighted by Crippen LogP contribution is 2.28. The van der Waals surface area contributed by atoms with Crippen LogP contribution in [0.4, 0.5) is 0 Å². The first-order chi connectivity index (χ1) is 10.8. The van der Waals surface area contributed by atoms with E-state index in [0.29, 0.717) is 0 Å². The van der Waals surface area contributed by atoms with E-state index in [2.05, 4.69) is 56.5 Å². The maximum Gasteiger partial charge on any atom is 0.0610 e. The smallest absolute Gasteiger partial charge is 0.0610 e. The third-order valence-corrected chi connectivity index (χ3v) is 4.25. The van der Waals surface area contributed by atoms with Crippen LogP contribution in [0.15, 0.2) is 60.7 Å². The van der Waals surface area contributed by atoms with Crippen molar-refractivity contribution in [2.75, 3.05) is 0 Å². The van der Waals surface area contributed by atoms with Crippen LogP contribution in [-0.2, 0) is 6.42 Å². The van der Waals surface area contributed by atoms with Crippen LogP contribution in [0.2, 0.25) is 0 Å². The largest absolute Gasteiger partial charge is 0.314 e. The average Bonchev–Trinajstić information content (AvgIpc) is 2.48. The summed E-state index contributed by atoms with van der Waals surface area (Å²) in [5.41, 5.74) is 18.2. The number of aryl methyl sites for hydroxylation is 2. The highest BCUT2D eigenvalue weighted by atomic mass is 14.9. The molecule has 122 valence electrons. The van der Waals surface area contributed by atoms with Gasteiger partial charge in [-0.25, -0.2) is 0 Å². The molecule has 4 N–H and O–H groups in total. The molecule has 0 saturated heterocycles. The maximum absolute atomic E-state index is 5.90. The highest BCUT2D eigenvalue weighted by Gasteiger charge is 2.13. The summed E-state index contributed by atoms with van der Waals surface area (Å²) in [7, 11) is 0. The molecule has 2 rings (SSSR count). The number of nitrogens with two attached hydrogens (primary N) is 2. The molecular formula is C21H28N2. The van der Waals surface area contributed by atoms with E-state index < -0.39 is 5.66 Å². The molecule has 0 bridgehead atoms. The summed E-state index contributed by atoms with van der Waals surface area (Å²) in [6.07, 6.45) is 10.1. The summed E-state index contributed by atoms with van der Waals surface area (Å²) in [6.45, 7) is 12.4. The van der Waals surface area contributed by atoms with E-state index in [-0.39, 0.29) is 0 Å². The summed E-state index contributed by atoms with van der Waals surface area (Å²) in [5.74, 6) is 0. The molecule has 0 spiro atoms. The van der Waals surface area contributed by atoms with Crippen molar-refractivity contribution in [2.24, 2.45) is 11.5 Å². The summed E-state index contributed by atoms with van der Waals surface area (Å²) in [6, 6.07) is 6.57. The van der Waals surface area contributed by atoms with Gasteiger partial charge >= 0.3 is 0 Å². The van der Waals surface area contributed by atoms with Gasteiger partial charge in [-0.3, -0.25) is 0 Å². The van der Waals surface area contributed by atoms with Crippen molar-refractivity contribution in [1.82, 2.24) is 0 Å². The van der Waals surface area contributed by atoms with E-state index in [1.54, 1.807) is 0 Å². The van der Waals surface area contributed by atoms with Crippen LogP contribution in [0.3, 0.4) is 0 Å². The molecule has 0 aliphatic heterocycles. The monoisotopic (exact) mass is 308 g/mol. The summed E-state index contributed by atoms with van der Waals surface area (Å²) >= 11 is 0. The first-order valence-electron chi connectivity index (χ1n) is 8.19. The SMILES string of the molecule is C=C1/C=C\C(CCC(C)(N)N)=C/CCc2ccc(C)cc2C1=C. The van der Waals surface area contributed by atoms with Crippen molar-refractivity contribution < 1.29 is 0 Å². The predicted octanol–water partition coefficient (Wildman–Crippen LogP) is 4.41. The zero-order valence-corrected chi connectivity index (χ0v) is 14.4. The highest BCUT2D eigenvalue weighted by molar-refractivity contribution is 5.81. The van der Waals surface area contributed by atoms with E-state index in [1.807, 2.05) is 6.92 Å². The molecule has 0 atom stereocenters. The van der Waals surface area contributed by atoms with E-state index in [9.17, 15) is 0 Å². The van der Waals surface area contributed by atoms with Gasteiger partial charge in [0.05, 0.1) is 5.66 Å². The molecule has 0 aromatic heterocycles. The quantitative estimate of drug-likeness (QED) is 0.813. The maximum atomic E-state index is 5.90. The van der Waals surface area contributed by atoms with E-state index in [1.165, 1.54) is 22.3 Å². The van der Waals surface area contributed by atoms with Crippen LogP contribution in [0.25, 0.3) is 5.57 Å². The number of hydrogen-bond acceptors (Lipinski definition) is 2. The Kier molecular flexibility index (Phi) is 5.40. The fourth-order valence-corrected chi connectivity index (χ4v) is 2.75. The Morgan fingerprint density at radius 3 is 2.61 bits per heavy atom. The van der Waals surface area contributed by atoms with Crippen molar-refractivity contribution in [3.05, 3.63) is 77.4 Å². The lowest BCUT2D eigenvalue weighted by molar-refractivity contribution is 0.451. The Labute approximate surface area is 140 Å². The molecule has 1 aliphatic carbocycles. The molecule has 0 saturated carbocycles. The van der Waals surface area contributed by atoms with Crippen molar-refractivity contribution in [3.63, 3.8) is 0 Å². The molecule has 1 aromatic rings. The van der Waals surface area contributed by atoms with Crippen LogP contribution in [0, 0.1) is 6.92 Å². The van der Waals surface area contributed by atoms with Gasteiger partial charge in [0.15, 0.2) is 0 Å². The van der Waals surface area contributed by atoms with Gasteiger partial charge < -0.3 is 11.5 Å². The lowest BCUT2D eigenvalue weighted by Gasteiger charge is -2.19. The molecule has 1 aromatic carbocycles. The summed E-state index contributed by atoms with van der Waals surface area (Å²) in [4.78, 5) is 0. The van der Waals surface area contributed by atoms with Crippen LogP contribution in [0.1, 0.15) is 42.9 Å². The summed E-state index contributed by atoms with van der Waals surface area (Å²) < 4.78 is 0. The molecule has 0 unspecified atom stereocenters. The minimum Gasteiger partial charge on any atom is -0.314 e. The van der Waals surface area contributed by atoms with Crippen LogP contribution in [-0.4, -0.2) is 5.66 Å². The first-order valence-corrected chi connectivity index (χ1v) is 8.19. The van der Waals surface area contributed by atoms with E-state index in [0.717, 1.165) is 36.8 Å². The standard InChI is InChI=1S/C21H28N2/c1-15-8-11-19-7-5-6-18(12-13-21(4,22)23)10-9-16(2)17(3)20(19)14-15/h6,8-11,14H,2-3,5,7,12-13,22-23H2,1,4H3/b10-9-,18-6+. The van der Waals surface area contributed by atoms with Gasteiger partial charge in [0, 0.05) is 0 Å². The third kappa shape index (κ3) is 5.05. The van der Waals surface area contributed by atoms with Crippen molar-refractivity contribution in [1.29, 1.82) is 0 Å². The van der Waals surface area contributed by atoms with Crippen molar-refractivity contribution >= 4 is 5.57 Å². The first kappa shape index (κ1) is 17.5. The second-order valence-corrected chi connectivity index (χ2v) is 6.82. The van der Waals surface area contributed by atoms with Gasteiger partial charge in [-0.1, -0.05) is 60.7 Å². The van der Waals surface area contributed by atoms with Gasteiger partial charge in [0.1, 0.15) is 0 Å². The number of hydrogen-bond donors (Lipinski definition) is 2. The molecule has 0 radical (unpaired) electrons. The van der Waals surface area contributed by atoms with E-state index in [4.69, 9.17) is 11.5 Å². The van der Waals surface area contributed by atoms with Crippen molar-refractivity contribution in [3.8, 4) is 0 Å². The predicted molar refractivity (Wildman–Crippen MR) is 101 cm³/mol. The number of benzene rings is 1. The Balaban J connectivity index is 2.28. The second-order valence-electron chi connectivity index (χ2n) is 6.82. The average molecular weight is 308 g/mol. The minimum atomic E-state index is -0.630. The molecule has 1 aliphatic rings. The molecule has 2 heteroatoms. The second kappa shape index (κ2) is 7.12. The lowest BCUT2D eigenvalue weighted by atomic mass is 9.90. The Hall–Kier alpha value is -1.90. The van der Waals surface area contributed by atoms with Crippen LogP contribution >= 0.6 is 0 Å². The van der Waals surface area contributed by atoms with Gasteiger partial charge in [-0.15, -0.1) is 0 Å². The number of fused-ring (bicyclic) bond motifs is 1. The third-order valence-electron chi connectivity index (χ3n) is 4.25. The van der Waals surface area contributed by atoms with Gasteiger partial charge in [-0.2, -0.15) is 0 Å². The number of allylic oxidation sites excluding steroid dienone is 6. The lowest BCUT2D eigenvalue weighted by Crippen LogP contribution is -2.45. The van der Waals surface area contributed by atoms with Gasteiger partial charge in [0.25, 0.3) is 0 Å². The zero-order chi connectivity index (χ0) is 17.0. The van der Waals surface area contributed by atoms with Gasteiger partial charge in [-0.05, 0) is 61.8 Å². The van der Waals surface area contributed by atoms with Crippen LogP contribution < -0.4 is 11.5 Å². The fourth-order valence-electron chi connectivity index (χ4n) is 2.75. The fraction of sp³-hybridized carbons (Fsp3) is 0.333. The summed E-state index contributed by atoms with van der Waals surface area (Å²) in [5, 5.41) is 0. The molecular weight excluding hydrogens is 280 g/mol. The van der Waals surface area contributed by atoms with Crippen LogP contribution in [0.5, 0.6) is 0 Å². The van der Waals surface area contributed by atoms with Crippen molar-refractivity contribution in [2.45, 2.75) is 45.2 Å². The van der Waals surface area contributed by atoms with E-state index >= 15 is 0 Å². The Bertz CT molecular complexity index is 670. The normalized spacial score (nSPS) is 19.7. The molecule has 0 heterocycles. The Morgan fingerprint density at radius 1 is 1.17 bits per heavy atom. The molecule has 0 amide bonds. The molecule has 23 heavy (non-hydrogen) atoms.